The summed E-state index contributed by atoms with van der Waals surface area (Å²) in [4.78, 5) is 17.1. The van der Waals surface area contributed by atoms with Crippen LogP contribution in [-0.2, 0) is 10.9 Å². The Labute approximate surface area is 135 Å². The number of piperidine rings is 1. The molecule has 0 radical (unpaired) electrons. The van der Waals surface area contributed by atoms with E-state index in [1.54, 1.807) is 0 Å². The zero-order valence-electron chi connectivity index (χ0n) is 13.4. The minimum atomic E-state index is -4.68. The fourth-order valence-corrected chi connectivity index (χ4v) is 2.74. The summed E-state index contributed by atoms with van der Waals surface area (Å²) in [6, 6.07) is 0. The Balaban J connectivity index is 2.51. The number of alkyl halides is 5. The van der Waals surface area contributed by atoms with Gasteiger partial charge in [-0.15, -0.1) is 0 Å². The summed E-state index contributed by atoms with van der Waals surface area (Å²) in [7, 11) is 1.04. The maximum atomic E-state index is 13.6. The molecule has 2 rings (SSSR count). The lowest BCUT2D eigenvalue weighted by Gasteiger charge is -2.38. The number of carbonyl (C=O) groups excluding carboxylic acids is 1. The monoisotopic (exact) mass is 352 g/mol. The number of pyridine rings is 1. The van der Waals surface area contributed by atoms with Crippen LogP contribution in [0, 0.1) is 12.8 Å². The van der Waals surface area contributed by atoms with E-state index < -0.39 is 36.0 Å². The van der Waals surface area contributed by atoms with E-state index in [-0.39, 0.29) is 30.0 Å². The average Bonchev–Trinajstić information content (AvgIpc) is 2.47. The fourth-order valence-electron chi connectivity index (χ4n) is 2.74. The van der Waals surface area contributed by atoms with Crippen LogP contribution in [0.4, 0.5) is 27.8 Å². The van der Waals surface area contributed by atoms with Crippen molar-refractivity contribution in [2.45, 2.75) is 32.4 Å². The van der Waals surface area contributed by atoms with Crippen LogP contribution in [0.2, 0.25) is 0 Å². The summed E-state index contributed by atoms with van der Waals surface area (Å²) >= 11 is 0. The van der Waals surface area contributed by atoms with E-state index >= 15 is 0 Å². The lowest BCUT2D eigenvalue weighted by molar-refractivity contribution is -0.138. The highest BCUT2D eigenvalue weighted by Gasteiger charge is 2.43. The number of ether oxygens (including phenoxy) is 1. The van der Waals surface area contributed by atoms with E-state index in [4.69, 9.17) is 0 Å². The van der Waals surface area contributed by atoms with Crippen molar-refractivity contribution in [1.82, 2.24) is 4.98 Å². The summed E-state index contributed by atoms with van der Waals surface area (Å²) < 4.78 is 70.9. The molecule has 0 N–H and O–H groups in total. The molecule has 134 valence electrons. The number of anilines is 1. The van der Waals surface area contributed by atoms with E-state index in [1.807, 2.05) is 0 Å². The van der Waals surface area contributed by atoms with Gasteiger partial charge in [-0.05, 0) is 12.5 Å². The first-order valence-corrected chi connectivity index (χ1v) is 7.27. The van der Waals surface area contributed by atoms with E-state index in [9.17, 15) is 26.7 Å². The van der Waals surface area contributed by atoms with Gasteiger partial charge < -0.3 is 9.64 Å². The average molecular weight is 352 g/mol. The first-order chi connectivity index (χ1) is 11.0. The van der Waals surface area contributed by atoms with Gasteiger partial charge in [0, 0.05) is 31.6 Å². The quantitative estimate of drug-likeness (QED) is 0.602. The number of methoxy groups -OCH3 is 1. The maximum Gasteiger partial charge on any atom is 0.418 e. The molecule has 1 aliphatic rings. The molecular formula is C15H17F5N2O2. The summed E-state index contributed by atoms with van der Waals surface area (Å²) in [5.74, 6) is -4.91. The van der Waals surface area contributed by atoms with Gasteiger partial charge >= 0.3 is 12.1 Å². The van der Waals surface area contributed by atoms with E-state index in [0.29, 0.717) is 6.20 Å². The molecule has 4 nitrogen and oxygen atoms in total. The second kappa shape index (κ2) is 6.18. The molecule has 0 spiro atoms. The molecule has 1 atom stereocenters. The highest BCUT2D eigenvalue weighted by atomic mass is 19.4. The first-order valence-electron chi connectivity index (χ1n) is 7.27. The normalized spacial score (nSPS) is 20.8. The first kappa shape index (κ1) is 18.4. The van der Waals surface area contributed by atoms with Gasteiger partial charge in [-0.3, -0.25) is 0 Å². The Hall–Kier alpha value is -1.93. The Morgan fingerprint density at radius 2 is 2.04 bits per heavy atom. The highest BCUT2D eigenvalue weighted by molar-refractivity contribution is 5.96. The number of halogens is 5. The van der Waals surface area contributed by atoms with Crippen molar-refractivity contribution in [2.75, 3.05) is 25.1 Å². The predicted molar refractivity (Wildman–Crippen MR) is 76.3 cm³/mol. The van der Waals surface area contributed by atoms with Crippen molar-refractivity contribution in [2.24, 2.45) is 5.92 Å². The number of nitrogens with zero attached hydrogens (tertiary/aromatic N) is 2. The molecular weight excluding hydrogens is 335 g/mol. The number of esters is 1. The molecule has 1 aromatic heterocycles. The van der Waals surface area contributed by atoms with Gasteiger partial charge in [0.25, 0.3) is 5.92 Å². The van der Waals surface area contributed by atoms with E-state index in [1.165, 1.54) is 11.8 Å². The predicted octanol–water partition coefficient (Wildman–Crippen LogP) is 3.68. The van der Waals surface area contributed by atoms with Crippen molar-refractivity contribution < 1.29 is 31.5 Å². The van der Waals surface area contributed by atoms with Gasteiger partial charge in [0.1, 0.15) is 11.4 Å². The van der Waals surface area contributed by atoms with Gasteiger partial charge in [0.2, 0.25) is 0 Å². The molecule has 1 aliphatic heterocycles. The van der Waals surface area contributed by atoms with Crippen LogP contribution < -0.4 is 4.90 Å². The van der Waals surface area contributed by atoms with Crippen LogP contribution in [0.3, 0.4) is 0 Å². The van der Waals surface area contributed by atoms with Crippen LogP contribution >= 0.6 is 0 Å². The van der Waals surface area contributed by atoms with Gasteiger partial charge in [-0.25, -0.2) is 18.6 Å². The maximum absolute atomic E-state index is 13.6. The lowest BCUT2D eigenvalue weighted by Crippen LogP contribution is -2.46. The van der Waals surface area contributed by atoms with Crippen LogP contribution in [0.1, 0.15) is 34.8 Å². The van der Waals surface area contributed by atoms with Crippen molar-refractivity contribution >= 4 is 11.8 Å². The summed E-state index contributed by atoms with van der Waals surface area (Å²) in [6.45, 7) is 2.26. The summed E-state index contributed by atoms with van der Waals surface area (Å²) in [5, 5.41) is 0. The van der Waals surface area contributed by atoms with Crippen LogP contribution in [0.5, 0.6) is 0 Å². The zero-order chi connectivity index (χ0) is 18.3. The summed E-state index contributed by atoms with van der Waals surface area (Å²) in [5.41, 5.74) is -1.73. The molecule has 0 aromatic carbocycles. The highest BCUT2D eigenvalue weighted by Crippen LogP contribution is 2.39. The number of aromatic nitrogens is 1. The van der Waals surface area contributed by atoms with E-state index in [2.05, 4.69) is 9.72 Å². The van der Waals surface area contributed by atoms with Crippen LogP contribution in [0.15, 0.2) is 6.20 Å². The molecule has 1 fully saturated rings. The SMILES string of the molecule is COC(=O)c1c(N2CCC(F)(F)C(C)C2)ncc(C(F)(F)F)c1C. The van der Waals surface area contributed by atoms with E-state index in [0.717, 1.165) is 14.0 Å². The van der Waals surface area contributed by atoms with Gasteiger partial charge in [-0.2, -0.15) is 13.2 Å². The fraction of sp³-hybridized carbons (Fsp3) is 0.600. The van der Waals surface area contributed by atoms with Crippen LogP contribution in [0.25, 0.3) is 0 Å². The van der Waals surface area contributed by atoms with Gasteiger partial charge in [0.05, 0.1) is 12.7 Å². The Bertz CT molecular complexity index is 645. The summed E-state index contributed by atoms with van der Waals surface area (Å²) in [6.07, 6.45) is -4.52. The minimum Gasteiger partial charge on any atom is -0.465 e. The largest absolute Gasteiger partial charge is 0.465 e. The second-order valence-corrected chi connectivity index (χ2v) is 5.84. The number of hydrogen-bond donors (Lipinski definition) is 0. The van der Waals surface area contributed by atoms with Crippen LogP contribution in [-0.4, -0.2) is 37.1 Å². The third-order valence-corrected chi connectivity index (χ3v) is 4.24. The second-order valence-electron chi connectivity index (χ2n) is 5.84. The third-order valence-electron chi connectivity index (χ3n) is 4.24. The molecule has 0 bridgehead atoms. The number of hydrogen-bond acceptors (Lipinski definition) is 4. The Morgan fingerprint density at radius 3 is 2.54 bits per heavy atom. The van der Waals surface area contributed by atoms with Crippen molar-refractivity contribution in [1.29, 1.82) is 0 Å². The molecule has 9 heteroatoms. The molecule has 1 saturated heterocycles. The molecule has 24 heavy (non-hydrogen) atoms. The molecule has 0 saturated carbocycles. The third kappa shape index (κ3) is 3.29. The standard InChI is InChI=1S/C15H17F5N2O2/c1-8-7-22(5-4-14(8,16)17)12-11(13(23)24-3)9(2)10(6-21-12)15(18,19)20/h6,8H,4-5,7H2,1-3H3. The smallest absolute Gasteiger partial charge is 0.418 e. The number of rotatable bonds is 2. The topological polar surface area (TPSA) is 42.4 Å². The Kier molecular flexibility index (Phi) is 4.74. The van der Waals surface area contributed by atoms with Gasteiger partial charge in [-0.1, -0.05) is 6.92 Å². The molecule has 0 amide bonds. The number of carbonyl (C=O) groups is 1. The lowest BCUT2D eigenvalue weighted by atomic mass is 9.94. The minimum absolute atomic E-state index is 0.0605. The van der Waals surface area contributed by atoms with Crippen molar-refractivity contribution in [3.05, 3.63) is 22.9 Å². The molecule has 1 aromatic rings. The molecule has 2 heterocycles. The van der Waals surface area contributed by atoms with Gasteiger partial charge in [0.15, 0.2) is 0 Å². The van der Waals surface area contributed by atoms with Crippen molar-refractivity contribution in [3.63, 3.8) is 0 Å². The molecule has 1 unspecified atom stereocenters. The Morgan fingerprint density at radius 1 is 1.42 bits per heavy atom. The van der Waals surface area contributed by atoms with Crippen molar-refractivity contribution in [3.8, 4) is 0 Å². The molecule has 0 aliphatic carbocycles. The zero-order valence-corrected chi connectivity index (χ0v) is 13.4.